The Morgan fingerprint density at radius 1 is 1.47 bits per heavy atom. The van der Waals surface area contributed by atoms with Gasteiger partial charge in [0.1, 0.15) is 17.1 Å². The molecule has 1 rings (SSSR count). The zero-order chi connectivity index (χ0) is 14.8. The number of aromatic hydroxyl groups is 1. The molecule has 4 nitrogen and oxygen atoms in total. The minimum Gasteiger partial charge on any atom is -0.507 e. The van der Waals surface area contributed by atoms with E-state index in [-0.39, 0.29) is 17.7 Å². The predicted molar refractivity (Wildman–Crippen MR) is 75.7 cm³/mol. The Hall–Kier alpha value is -1.84. The average Bonchev–Trinajstić information content (AvgIpc) is 2.40. The van der Waals surface area contributed by atoms with Crippen molar-refractivity contribution in [1.29, 1.82) is 0 Å². The van der Waals surface area contributed by atoms with Gasteiger partial charge in [0.05, 0.1) is 0 Å². The molecular formula is C15H22O4. The van der Waals surface area contributed by atoms with Crippen LogP contribution in [-0.2, 0) is 6.42 Å². The molecule has 1 aromatic rings. The van der Waals surface area contributed by atoms with Crippen LogP contribution in [0.1, 0.15) is 56.2 Å². The fourth-order valence-corrected chi connectivity index (χ4v) is 1.51. The molecule has 0 saturated heterocycles. The highest BCUT2D eigenvalue weighted by Gasteiger charge is 2.16. The Balaban J connectivity index is 0.00000154. The van der Waals surface area contributed by atoms with E-state index >= 15 is 0 Å². The van der Waals surface area contributed by atoms with Gasteiger partial charge in [0.2, 0.25) is 0 Å². The van der Waals surface area contributed by atoms with Crippen LogP contribution in [0.4, 0.5) is 0 Å². The van der Waals surface area contributed by atoms with Gasteiger partial charge in [-0.1, -0.05) is 26.8 Å². The summed E-state index contributed by atoms with van der Waals surface area (Å²) in [5, 5.41) is 9.63. The minimum atomic E-state index is -0.759. The monoisotopic (exact) mass is 266 g/mol. The normalized spacial score (nSPS) is 9.42. The molecule has 1 heterocycles. The molecule has 106 valence electrons. The van der Waals surface area contributed by atoms with E-state index in [2.05, 4.69) is 6.58 Å². The zero-order valence-electron chi connectivity index (χ0n) is 11.9. The van der Waals surface area contributed by atoms with Crippen molar-refractivity contribution in [2.24, 2.45) is 0 Å². The standard InChI is InChI=1S/C13H16O4.C2H6/c1-3-5-6-7-9-8-11(15)12(10(14)4-2)13(16)17-9;1-2/h3,8,15H,1,4-7H2,2H3;1-2H3. The third-order valence-electron chi connectivity index (χ3n) is 2.41. The second kappa shape index (κ2) is 9.14. The molecule has 0 bridgehead atoms. The molecule has 0 unspecified atom stereocenters. The maximum Gasteiger partial charge on any atom is 0.350 e. The van der Waals surface area contributed by atoms with Gasteiger partial charge in [-0.05, 0) is 12.8 Å². The molecule has 0 aliphatic carbocycles. The van der Waals surface area contributed by atoms with Crippen molar-refractivity contribution in [3.05, 3.63) is 40.5 Å². The van der Waals surface area contributed by atoms with Crippen LogP contribution in [-0.4, -0.2) is 10.9 Å². The Bertz CT molecular complexity index is 472. The van der Waals surface area contributed by atoms with Crippen LogP contribution in [0, 0.1) is 0 Å². The summed E-state index contributed by atoms with van der Waals surface area (Å²) in [5.41, 5.74) is -1.01. The number of aryl methyl sites for hydroxylation is 1. The van der Waals surface area contributed by atoms with Gasteiger partial charge >= 0.3 is 5.63 Å². The van der Waals surface area contributed by atoms with E-state index in [1.54, 1.807) is 13.0 Å². The second-order valence-corrected chi connectivity index (χ2v) is 3.72. The first-order valence-corrected chi connectivity index (χ1v) is 6.60. The molecule has 0 spiro atoms. The van der Waals surface area contributed by atoms with Gasteiger partial charge in [-0.2, -0.15) is 0 Å². The zero-order valence-corrected chi connectivity index (χ0v) is 11.9. The summed E-state index contributed by atoms with van der Waals surface area (Å²) in [6, 6.07) is 1.34. The second-order valence-electron chi connectivity index (χ2n) is 3.72. The molecule has 0 radical (unpaired) electrons. The van der Waals surface area contributed by atoms with Gasteiger partial charge in [-0.15, -0.1) is 6.58 Å². The number of rotatable bonds is 6. The predicted octanol–water partition coefficient (Wildman–Crippen LogP) is 3.47. The minimum absolute atomic E-state index is 0.161. The van der Waals surface area contributed by atoms with Gasteiger partial charge in [0, 0.05) is 18.9 Å². The lowest BCUT2D eigenvalue weighted by atomic mass is 10.1. The molecule has 0 amide bonds. The summed E-state index contributed by atoms with van der Waals surface area (Å²) in [4.78, 5) is 22.9. The Morgan fingerprint density at radius 2 is 2.11 bits per heavy atom. The van der Waals surface area contributed by atoms with Gasteiger partial charge < -0.3 is 9.52 Å². The van der Waals surface area contributed by atoms with Crippen LogP contribution < -0.4 is 5.63 Å². The number of allylic oxidation sites excluding steroid dienone is 1. The van der Waals surface area contributed by atoms with Crippen LogP contribution in [0.2, 0.25) is 0 Å². The van der Waals surface area contributed by atoms with Crippen LogP contribution in [0.3, 0.4) is 0 Å². The highest BCUT2D eigenvalue weighted by atomic mass is 16.4. The number of hydrogen-bond acceptors (Lipinski definition) is 4. The summed E-state index contributed by atoms with van der Waals surface area (Å²) >= 11 is 0. The van der Waals surface area contributed by atoms with Crippen molar-refractivity contribution in [3.63, 3.8) is 0 Å². The number of carbonyl (C=O) groups excluding carboxylic acids is 1. The average molecular weight is 266 g/mol. The van der Waals surface area contributed by atoms with Crippen molar-refractivity contribution in [2.45, 2.75) is 46.5 Å². The number of ketones is 1. The SMILES string of the molecule is C=CCCCc1cc(O)c(C(=O)CC)c(=O)o1.CC. The lowest BCUT2D eigenvalue weighted by Crippen LogP contribution is -2.14. The number of unbranched alkanes of at least 4 members (excludes halogenated alkanes) is 1. The highest BCUT2D eigenvalue weighted by molar-refractivity contribution is 5.97. The third kappa shape index (κ3) is 5.12. The van der Waals surface area contributed by atoms with Gasteiger partial charge in [-0.25, -0.2) is 4.79 Å². The van der Waals surface area contributed by atoms with Crippen LogP contribution in [0.5, 0.6) is 5.75 Å². The van der Waals surface area contributed by atoms with Crippen molar-refractivity contribution in [3.8, 4) is 5.75 Å². The van der Waals surface area contributed by atoms with E-state index in [0.29, 0.717) is 12.2 Å². The maximum absolute atomic E-state index is 11.5. The fourth-order valence-electron chi connectivity index (χ4n) is 1.51. The molecule has 4 heteroatoms. The first kappa shape index (κ1) is 17.2. The van der Waals surface area contributed by atoms with Crippen molar-refractivity contribution in [1.82, 2.24) is 0 Å². The van der Waals surface area contributed by atoms with Crippen LogP contribution >= 0.6 is 0 Å². The molecule has 0 aliphatic heterocycles. The first-order chi connectivity index (χ1) is 9.10. The smallest absolute Gasteiger partial charge is 0.350 e. The quantitative estimate of drug-likeness (QED) is 0.486. The molecule has 0 aromatic carbocycles. The molecular weight excluding hydrogens is 244 g/mol. The number of carbonyl (C=O) groups is 1. The van der Waals surface area contributed by atoms with Crippen LogP contribution in [0.25, 0.3) is 0 Å². The lowest BCUT2D eigenvalue weighted by molar-refractivity contribution is 0.0981. The number of Topliss-reactive ketones (excluding diaryl/α,β-unsaturated/α-hetero) is 1. The molecule has 0 atom stereocenters. The van der Waals surface area contributed by atoms with Gasteiger partial charge in [0.15, 0.2) is 5.78 Å². The van der Waals surface area contributed by atoms with Gasteiger partial charge in [0.25, 0.3) is 0 Å². The van der Waals surface area contributed by atoms with E-state index in [1.807, 2.05) is 13.8 Å². The molecule has 1 N–H and O–H groups in total. The summed E-state index contributed by atoms with van der Waals surface area (Å²) in [5.74, 6) is -0.308. The van der Waals surface area contributed by atoms with Crippen LogP contribution in [0.15, 0.2) is 27.9 Å². The molecule has 0 fully saturated rings. The molecule has 19 heavy (non-hydrogen) atoms. The molecule has 1 aromatic heterocycles. The Morgan fingerprint density at radius 3 is 2.58 bits per heavy atom. The summed E-state index contributed by atoms with van der Waals surface area (Å²) < 4.78 is 4.99. The lowest BCUT2D eigenvalue weighted by Gasteiger charge is -2.03. The molecule has 0 aliphatic rings. The summed E-state index contributed by atoms with van der Waals surface area (Å²) in [7, 11) is 0. The Labute approximate surface area is 113 Å². The van der Waals surface area contributed by atoms with E-state index in [1.165, 1.54) is 6.07 Å². The largest absolute Gasteiger partial charge is 0.507 e. The van der Waals surface area contributed by atoms with Gasteiger partial charge in [-0.3, -0.25) is 4.79 Å². The van der Waals surface area contributed by atoms with E-state index < -0.39 is 11.4 Å². The van der Waals surface area contributed by atoms with Crippen molar-refractivity contribution < 1.29 is 14.3 Å². The summed E-state index contributed by atoms with van der Waals surface area (Å²) in [6.45, 7) is 9.21. The maximum atomic E-state index is 11.5. The number of hydrogen-bond donors (Lipinski definition) is 1. The fraction of sp³-hybridized carbons (Fsp3) is 0.467. The van der Waals surface area contributed by atoms with E-state index in [9.17, 15) is 14.7 Å². The summed E-state index contributed by atoms with van der Waals surface area (Å²) in [6.07, 6.45) is 4.06. The Kier molecular flexibility index (Phi) is 8.25. The highest BCUT2D eigenvalue weighted by Crippen LogP contribution is 2.17. The van der Waals surface area contributed by atoms with E-state index in [4.69, 9.17) is 4.42 Å². The van der Waals surface area contributed by atoms with Crippen molar-refractivity contribution >= 4 is 5.78 Å². The van der Waals surface area contributed by atoms with E-state index in [0.717, 1.165) is 12.8 Å². The molecule has 0 saturated carbocycles. The first-order valence-electron chi connectivity index (χ1n) is 6.60. The topological polar surface area (TPSA) is 67.5 Å². The van der Waals surface area contributed by atoms with Crippen molar-refractivity contribution in [2.75, 3.05) is 0 Å². The third-order valence-corrected chi connectivity index (χ3v) is 2.41.